The molecule has 78 valence electrons. The molecule has 2 N–H and O–H groups in total. The third-order valence-corrected chi connectivity index (χ3v) is 2.70. The molecular formula is C9H18ClNO2. The Morgan fingerprint density at radius 2 is 2.15 bits per heavy atom. The molecule has 0 bridgehead atoms. The van der Waals surface area contributed by atoms with Crippen molar-refractivity contribution < 1.29 is 9.90 Å². The van der Waals surface area contributed by atoms with Crippen LogP contribution < -0.4 is 5.32 Å². The summed E-state index contributed by atoms with van der Waals surface area (Å²) in [6.45, 7) is 5.88. The highest BCUT2D eigenvalue weighted by atomic mass is 35.5. The van der Waals surface area contributed by atoms with E-state index in [-0.39, 0.29) is 18.3 Å². The minimum absolute atomic E-state index is 0. The van der Waals surface area contributed by atoms with Gasteiger partial charge in [-0.15, -0.1) is 12.4 Å². The van der Waals surface area contributed by atoms with E-state index in [4.69, 9.17) is 5.11 Å². The Kier molecular flexibility index (Phi) is 5.33. The average Bonchev–Trinajstić information content (AvgIpc) is 2.04. The highest BCUT2D eigenvalue weighted by molar-refractivity contribution is 5.85. The minimum Gasteiger partial charge on any atom is -0.481 e. The highest BCUT2D eigenvalue weighted by Gasteiger charge is 2.32. The van der Waals surface area contributed by atoms with Crippen molar-refractivity contribution in [3.8, 4) is 0 Å². The molecule has 1 fully saturated rings. The summed E-state index contributed by atoms with van der Waals surface area (Å²) in [6, 6.07) is 0. The van der Waals surface area contributed by atoms with Gasteiger partial charge >= 0.3 is 5.97 Å². The van der Waals surface area contributed by atoms with E-state index >= 15 is 0 Å². The van der Waals surface area contributed by atoms with Crippen molar-refractivity contribution in [2.45, 2.75) is 20.3 Å². The number of carbonyl (C=O) groups is 1. The Bertz CT molecular complexity index is 173. The Hall–Kier alpha value is -0.280. The fourth-order valence-electron chi connectivity index (χ4n) is 1.89. The summed E-state index contributed by atoms with van der Waals surface area (Å²) < 4.78 is 0. The number of rotatable bonds is 2. The molecule has 1 rings (SSSR count). The van der Waals surface area contributed by atoms with E-state index < -0.39 is 5.97 Å². The van der Waals surface area contributed by atoms with E-state index in [1.54, 1.807) is 0 Å². The van der Waals surface area contributed by atoms with E-state index in [0.717, 1.165) is 19.5 Å². The Balaban J connectivity index is 0.00000144. The van der Waals surface area contributed by atoms with Crippen LogP contribution in [0, 0.1) is 17.8 Å². The van der Waals surface area contributed by atoms with Gasteiger partial charge in [0.1, 0.15) is 0 Å². The quantitative estimate of drug-likeness (QED) is 0.719. The summed E-state index contributed by atoms with van der Waals surface area (Å²) in [6.07, 6.45) is 0.776. The fourth-order valence-corrected chi connectivity index (χ4v) is 1.89. The molecule has 2 unspecified atom stereocenters. The molecule has 0 amide bonds. The molecule has 13 heavy (non-hydrogen) atoms. The third kappa shape index (κ3) is 3.16. The minimum atomic E-state index is -0.629. The van der Waals surface area contributed by atoms with E-state index in [1.165, 1.54) is 0 Å². The maximum Gasteiger partial charge on any atom is 0.306 e. The molecule has 0 saturated carbocycles. The number of hydrogen-bond donors (Lipinski definition) is 2. The number of halogens is 1. The number of piperidine rings is 1. The van der Waals surface area contributed by atoms with Crippen LogP contribution in [-0.4, -0.2) is 24.2 Å². The summed E-state index contributed by atoms with van der Waals surface area (Å²) in [7, 11) is 0. The van der Waals surface area contributed by atoms with Gasteiger partial charge < -0.3 is 10.4 Å². The topological polar surface area (TPSA) is 49.3 Å². The van der Waals surface area contributed by atoms with Crippen LogP contribution >= 0.6 is 12.4 Å². The zero-order chi connectivity index (χ0) is 9.14. The second kappa shape index (κ2) is 5.45. The van der Waals surface area contributed by atoms with Crippen molar-refractivity contribution in [2.75, 3.05) is 13.1 Å². The number of carboxylic acids is 1. The Labute approximate surface area is 85.3 Å². The van der Waals surface area contributed by atoms with Crippen molar-refractivity contribution in [2.24, 2.45) is 17.8 Å². The van der Waals surface area contributed by atoms with Crippen molar-refractivity contribution in [1.82, 2.24) is 5.32 Å². The lowest BCUT2D eigenvalue weighted by atomic mass is 9.79. The molecule has 1 saturated heterocycles. The maximum atomic E-state index is 10.8. The van der Waals surface area contributed by atoms with Crippen LogP contribution in [0.1, 0.15) is 20.3 Å². The van der Waals surface area contributed by atoms with E-state index in [2.05, 4.69) is 19.2 Å². The SMILES string of the molecule is CC(C)C1CNCCC1C(=O)O.Cl. The second-order valence-electron chi connectivity index (χ2n) is 3.85. The van der Waals surface area contributed by atoms with Gasteiger partial charge in [0.15, 0.2) is 0 Å². The van der Waals surface area contributed by atoms with Gasteiger partial charge in [0, 0.05) is 0 Å². The van der Waals surface area contributed by atoms with Gasteiger partial charge in [-0.3, -0.25) is 4.79 Å². The van der Waals surface area contributed by atoms with Gasteiger partial charge in [-0.1, -0.05) is 13.8 Å². The van der Waals surface area contributed by atoms with Gasteiger partial charge in [-0.25, -0.2) is 0 Å². The zero-order valence-electron chi connectivity index (χ0n) is 8.12. The smallest absolute Gasteiger partial charge is 0.306 e. The maximum absolute atomic E-state index is 10.8. The Morgan fingerprint density at radius 1 is 1.54 bits per heavy atom. The van der Waals surface area contributed by atoms with Crippen LogP contribution in [0.25, 0.3) is 0 Å². The molecule has 0 aliphatic carbocycles. The highest BCUT2D eigenvalue weighted by Crippen LogP contribution is 2.25. The van der Waals surface area contributed by atoms with Crippen LogP contribution in [0.4, 0.5) is 0 Å². The summed E-state index contributed by atoms with van der Waals surface area (Å²) in [5.74, 6) is -0.00315. The van der Waals surface area contributed by atoms with Crippen molar-refractivity contribution in [1.29, 1.82) is 0 Å². The van der Waals surface area contributed by atoms with Gasteiger partial charge in [-0.05, 0) is 31.3 Å². The zero-order valence-corrected chi connectivity index (χ0v) is 8.93. The van der Waals surface area contributed by atoms with Gasteiger partial charge in [-0.2, -0.15) is 0 Å². The number of carboxylic acid groups (broad SMARTS) is 1. The lowest BCUT2D eigenvalue weighted by molar-refractivity contribution is -0.145. The first-order chi connectivity index (χ1) is 5.63. The van der Waals surface area contributed by atoms with Crippen LogP contribution in [0.3, 0.4) is 0 Å². The molecule has 1 heterocycles. The van der Waals surface area contributed by atoms with Crippen LogP contribution in [0.15, 0.2) is 0 Å². The molecule has 0 aromatic carbocycles. The number of hydrogen-bond acceptors (Lipinski definition) is 2. The molecular weight excluding hydrogens is 190 g/mol. The van der Waals surface area contributed by atoms with Crippen molar-refractivity contribution in [3.05, 3.63) is 0 Å². The first kappa shape index (κ1) is 12.7. The van der Waals surface area contributed by atoms with Crippen LogP contribution in [-0.2, 0) is 4.79 Å². The molecule has 4 heteroatoms. The summed E-state index contributed by atoms with van der Waals surface area (Å²) in [4.78, 5) is 10.8. The van der Waals surface area contributed by atoms with Gasteiger partial charge in [0.25, 0.3) is 0 Å². The largest absolute Gasteiger partial charge is 0.481 e. The standard InChI is InChI=1S/C9H17NO2.ClH/c1-6(2)8-5-10-4-3-7(8)9(11)12;/h6-8,10H,3-5H2,1-2H3,(H,11,12);1H. The van der Waals surface area contributed by atoms with E-state index in [1.807, 2.05) is 0 Å². The van der Waals surface area contributed by atoms with Crippen molar-refractivity contribution >= 4 is 18.4 Å². The number of aliphatic carboxylic acids is 1. The molecule has 0 radical (unpaired) electrons. The molecule has 1 aliphatic heterocycles. The predicted molar refractivity (Wildman–Crippen MR) is 54.2 cm³/mol. The molecule has 1 aliphatic rings. The summed E-state index contributed by atoms with van der Waals surface area (Å²) in [5.41, 5.74) is 0. The predicted octanol–water partition coefficient (Wildman–Crippen LogP) is 1.37. The lowest BCUT2D eigenvalue weighted by Gasteiger charge is -2.31. The van der Waals surface area contributed by atoms with Crippen molar-refractivity contribution in [3.63, 3.8) is 0 Å². The monoisotopic (exact) mass is 207 g/mol. The lowest BCUT2D eigenvalue weighted by Crippen LogP contribution is -2.42. The first-order valence-electron chi connectivity index (χ1n) is 4.56. The van der Waals surface area contributed by atoms with E-state index in [0.29, 0.717) is 11.8 Å². The molecule has 0 aromatic rings. The van der Waals surface area contributed by atoms with Gasteiger partial charge in [0.2, 0.25) is 0 Å². The van der Waals surface area contributed by atoms with Crippen LogP contribution in [0.2, 0.25) is 0 Å². The number of nitrogens with one attached hydrogen (secondary N) is 1. The van der Waals surface area contributed by atoms with Gasteiger partial charge in [0.05, 0.1) is 5.92 Å². The summed E-state index contributed by atoms with van der Waals surface area (Å²) in [5, 5.41) is 12.2. The second-order valence-corrected chi connectivity index (χ2v) is 3.85. The first-order valence-corrected chi connectivity index (χ1v) is 4.56. The summed E-state index contributed by atoms with van der Waals surface area (Å²) >= 11 is 0. The molecule has 3 nitrogen and oxygen atoms in total. The normalized spacial score (nSPS) is 28.2. The average molecular weight is 208 g/mol. The fraction of sp³-hybridized carbons (Fsp3) is 0.889. The Morgan fingerprint density at radius 3 is 2.54 bits per heavy atom. The molecule has 0 aromatic heterocycles. The van der Waals surface area contributed by atoms with Crippen LogP contribution in [0.5, 0.6) is 0 Å². The molecule has 0 spiro atoms. The molecule has 2 atom stereocenters. The van der Waals surface area contributed by atoms with E-state index in [9.17, 15) is 4.79 Å². The third-order valence-electron chi connectivity index (χ3n) is 2.70.